The van der Waals surface area contributed by atoms with Gasteiger partial charge in [0, 0.05) is 18.0 Å². The highest BCUT2D eigenvalue weighted by Gasteiger charge is 2.42. The Kier molecular flexibility index (Phi) is 3.81. The SMILES string of the molecule is CCc1ncnc(N2CCC3(CC2)OCCc2ccsc23)c1F. The van der Waals surface area contributed by atoms with Gasteiger partial charge in [0.2, 0.25) is 0 Å². The van der Waals surface area contributed by atoms with Crippen LogP contribution < -0.4 is 4.90 Å². The maximum atomic E-state index is 14.5. The Hall–Kier alpha value is -1.53. The number of anilines is 1. The molecule has 122 valence electrons. The van der Waals surface area contributed by atoms with Crippen LogP contribution in [0.5, 0.6) is 0 Å². The zero-order chi connectivity index (χ0) is 15.9. The Morgan fingerprint density at radius 2 is 2.17 bits per heavy atom. The molecule has 4 rings (SSSR count). The first-order valence-corrected chi connectivity index (χ1v) is 9.06. The van der Waals surface area contributed by atoms with E-state index < -0.39 is 0 Å². The maximum absolute atomic E-state index is 14.5. The lowest BCUT2D eigenvalue weighted by Crippen LogP contribution is -2.46. The lowest BCUT2D eigenvalue weighted by atomic mass is 9.85. The third-order valence-electron chi connectivity index (χ3n) is 4.96. The van der Waals surface area contributed by atoms with Gasteiger partial charge < -0.3 is 9.64 Å². The number of hydrogen-bond acceptors (Lipinski definition) is 5. The van der Waals surface area contributed by atoms with Gasteiger partial charge in [0.05, 0.1) is 12.3 Å². The van der Waals surface area contributed by atoms with E-state index in [1.165, 1.54) is 16.8 Å². The van der Waals surface area contributed by atoms with Crippen LogP contribution in [0.25, 0.3) is 0 Å². The van der Waals surface area contributed by atoms with E-state index in [2.05, 4.69) is 21.4 Å². The summed E-state index contributed by atoms with van der Waals surface area (Å²) in [5.41, 5.74) is 1.75. The summed E-state index contributed by atoms with van der Waals surface area (Å²) < 4.78 is 20.7. The normalized spacial score (nSPS) is 19.8. The molecule has 2 aliphatic rings. The molecular formula is C17H20FN3OS. The highest BCUT2D eigenvalue weighted by atomic mass is 32.1. The van der Waals surface area contributed by atoms with Crippen LogP contribution in [0.15, 0.2) is 17.8 Å². The van der Waals surface area contributed by atoms with Crippen LogP contribution in [0.4, 0.5) is 10.2 Å². The van der Waals surface area contributed by atoms with Crippen molar-refractivity contribution in [2.45, 2.75) is 38.2 Å². The van der Waals surface area contributed by atoms with Gasteiger partial charge in [-0.25, -0.2) is 14.4 Å². The van der Waals surface area contributed by atoms with Crippen molar-refractivity contribution in [2.75, 3.05) is 24.6 Å². The molecule has 2 aliphatic heterocycles. The molecule has 0 atom stereocenters. The number of rotatable bonds is 2. The number of thiophene rings is 1. The van der Waals surface area contributed by atoms with Crippen LogP contribution in [-0.2, 0) is 23.2 Å². The van der Waals surface area contributed by atoms with E-state index in [1.807, 2.05) is 11.8 Å². The van der Waals surface area contributed by atoms with Crippen molar-refractivity contribution < 1.29 is 9.13 Å². The monoisotopic (exact) mass is 333 g/mol. The number of ether oxygens (including phenoxy) is 1. The van der Waals surface area contributed by atoms with E-state index in [4.69, 9.17) is 4.74 Å². The van der Waals surface area contributed by atoms with Gasteiger partial charge >= 0.3 is 0 Å². The number of aryl methyl sites for hydroxylation is 1. The molecule has 0 aromatic carbocycles. The predicted molar refractivity (Wildman–Crippen MR) is 88.5 cm³/mol. The number of piperidine rings is 1. The number of halogens is 1. The summed E-state index contributed by atoms with van der Waals surface area (Å²) in [6.07, 6.45) is 4.82. The Morgan fingerprint density at radius 1 is 1.35 bits per heavy atom. The highest BCUT2D eigenvalue weighted by Crippen LogP contribution is 2.44. The average molecular weight is 333 g/mol. The molecule has 1 spiro atoms. The Bertz CT molecular complexity index is 710. The zero-order valence-corrected chi connectivity index (χ0v) is 14.0. The fourth-order valence-electron chi connectivity index (χ4n) is 3.67. The Morgan fingerprint density at radius 3 is 2.96 bits per heavy atom. The Labute approximate surface area is 139 Å². The third kappa shape index (κ3) is 2.44. The molecule has 4 heterocycles. The van der Waals surface area contributed by atoms with Crippen LogP contribution >= 0.6 is 11.3 Å². The molecule has 2 aromatic rings. The van der Waals surface area contributed by atoms with E-state index in [1.54, 1.807) is 11.3 Å². The van der Waals surface area contributed by atoms with Crippen molar-refractivity contribution in [1.82, 2.24) is 9.97 Å². The minimum Gasteiger partial charge on any atom is -0.369 e. The summed E-state index contributed by atoms with van der Waals surface area (Å²) >= 11 is 1.79. The molecule has 1 fully saturated rings. The quantitative estimate of drug-likeness (QED) is 0.845. The number of fused-ring (bicyclic) bond motifs is 2. The molecule has 0 amide bonds. The summed E-state index contributed by atoms with van der Waals surface area (Å²) in [4.78, 5) is 11.6. The van der Waals surface area contributed by atoms with Crippen LogP contribution in [0, 0.1) is 5.82 Å². The lowest BCUT2D eigenvalue weighted by Gasteiger charge is -2.44. The molecular weight excluding hydrogens is 313 g/mol. The smallest absolute Gasteiger partial charge is 0.187 e. The first-order chi connectivity index (χ1) is 11.2. The molecule has 0 bridgehead atoms. The van der Waals surface area contributed by atoms with Gasteiger partial charge in [-0.2, -0.15) is 0 Å². The summed E-state index contributed by atoms with van der Waals surface area (Å²) in [6, 6.07) is 2.22. The van der Waals surface area contributed by atoms with Gasteiger partial charge in [-0.1, -0.05) is 6.92 Å². The molecule has 4 nitrogen and oxygen atoms in total. The van der Waals surface area contributed by atoms with E-state index in [0.717, 1.165) is 39.0 Å². The van der Waals surface area contributed by atoms with Crippen molar-refractivity contribution in [3.8, 4) is 0 Å². The largest absolute Gasteiger partial charge is 0.369 e. The van der Waals surface area contributed by atoms with Gasteiger partial charge in [-0.3, -0.25) is 0 Å². The molecule has 0 unspecified atom stereocenters. The maximum Gasteiger partial charge on any atom is 0.187 e. The van der Waals surface area contributed by atoms with Gasteiger partial charge in [0.25, 0.3) is 0 Å². The minimum atomic E-state index is -0.271. The first-order valence-electron chi connectivity index (χ1n) is 8.18. The summed E-state index contributed by atoms with van der Waals surface area (Å²) in [6.45, 7) is 4.21. The van der Waals surface area contributed by atoms with Crippen LogP contribution in [0.1, 0.15) is 35.9 Å². The summed E-state index contributed by atoms with van der Waals surface area (Å²) in [5, 5.41) is 2.16. The van der Waals surface area contributed by atoms with E-state index in [0.29, 0.717) is 17.9 Å². The van der Waals surface area contributed by atoms with Crippen LogP contribution in [0.3, 0.4) is 0 Å². The fourth-order valence-corrected chi connectivity index (χ4v) is 4.84. The van der Waals surface area contributed by atoms with E-state index >= 15 is 0 Å². The fraction of sp³-hybridized carbons (Fsp3) is 0.529. The van der Waals surface area contributed by atoms with Gasteiger partial charge in [-0.15, -0.1) is 11.3 Å². The van der Waals surface area contributed by atoms with Gasteiger partial charge in [0.1, 0.15) is 11.9 Å². The first kappa shape index (κ1) is 15.0. The molecule has 0 radical (unpaired) electrons. The topological polar surface area (TPSA) is 38.2 Å². The molecule has 2 aromatic heterocycles. The van der Waals surface area contributed by atoms with Crippen molar-refractivity contribution in [2.24, 2.45) is 0 Å². The molecule has 0 N–H and O–H groups in total. The third-order valence-corrected chi connectivity index (χ3v) is 6.10. The molecule has 0 saturated carbocycles. The van der Waals surface area contributed by atoms with Crippen molar-refractivity contribution in [3.05, 3.63) is 39.7 Å². The van der Waals surface area contributed by atoms with Crippen molar-refractivity contribution in [1.29, 1.82) is 0 Å². The summed E-state index contributed by atoms with van der Waals surface area (Å²) in [7, 11) is 0. The standard InChI is InChI=1S/C17H20FN3OS/c1-2-13-14(18)16(20-11-19-13)21-7-5-17(6-8-21)15-12(3-9-22-17)4-10-23-15/h4,10-11H,2-3,5-9H2,1H3. The van der Waals surface area contributed by atoms with E-state index in [-0.39, 0.29) is 11.4 Å². The number of aromatic nitrogens is 2. The predicted octanol–water partition coefficient (Wildman–Crippen LogP) is 3.31. The van der Waals surface area contributed by atoms with Gasteiger partial charge in [0.15, 0.2) is 11.6 Å². The van der Waals surface area contributed by atoms with Crippen LogP contribution in [-0.4, -0.2) is 29.7 Å². The highest BCUT2D eigenvalue weighted by molar-refractivity contribution is 7.10. The molecule has 1 saturated heterocycles. The van der Waals surface area contributed by atoms with Crippen molar-refractivity contribution >= 4 is 17.2 Å². The minimum absolute atomic E-state index is 0.171. The number of nitrogens with zero attached hydrogens (tertiary/aromatic N) is 3. The second-order valence-corrected chi connectivity index (χ2v) is 7.08. The molecule has 23 heavy (non-hydrogen) atoms. The van der Waals surface area contributed by atoms with Gasteiger partial charge in [-0.05, 0) is 42.7 Å². The average Bonchev–Trinajstić information content (AvgIpc) is 3.07. The summed E-state index contributed by atoms with van der Waals surface area (Å²) in [5.74, 6) is 0.168. The second-order valence-electron chi connectivity index (χ2n) is 6.17. The van der Waals surface area contributed by atoms with E-state index in [9.17, 15) is 4.39 Å². The molecule has 0 aliphatic carbocycles. The Balaban J connectivity index is 1.57. The number of hydrogen-bond donors (Lipinski definition) is 0. The van der Waals surface area contributed by atoms with Crippen LogP contribution in [0.2, 0.25) is 0 Å². The molecule has 6 heteroatoms. The second kappa shape index (κ2) is 5.83. The lowest BCUT2D eigenvalue weighted by molar-refractivity contribution is -0.0736. The zero-order valence-electron chi connectivity index (χ0n) is 13.2. The van der Waals surface area contributed by atoms with Crippen molar-refractivity contribution in [3.63, 3.8) is 0 Å².